The van der Waals surface area contributed by atoms with Crippen molar-refractivity contribution in [1.29, 1.82) is 0 Å². The number of halogens is 2. The van der Waals surface area contributed by atoms with Crippen molar-refractivity contribution in [2.45, 2.75) is 20.0 Å². The van der Waals surface area contributed by atoms with Gasteiger partial charge in [0.1, 0.15) is 11.6 Å². The fraction of sp³-hybridized carbons (Fsp3) is 0.280. The molecule has 32 heavy (non-hydrogen) atoms. The zero-order valence-corrected chi connectivity index (χ0v) is 18.8. The quantitative estimate of drug-likeness (QED) is 0.601. The number of hydrogen-bond donors (Lipinski definition) is 1. The average Bonchev–Trinajstić information content (AvgIpc) is 2.81. The van der Waals surface area contributed by atoms with Crippen LogP contribution in [0.3, 0.4) is 0 Å². The van der Waals surface area contributed by atoms with E-state index in [9.17, 15) is 9.18 Å². The molecule has 1 amide bonds. The molecule has 1 aliphatic rings. The minimum Gasteiger partial charge on any atom is -0.354 e. The molecule has 7 heteroatoms. The summed E-state index contributed by atoms with van der Waals surface area (Å²) in [6, 6.07) is 15.9. The van der Waals surface area contributed by atoms with Crippen molar-refractivity contribution in [1.82, 2.24) is 15.2 Å². The van der Waals surface area contributed by atoms with E-state index in [2.05, 4.69) is 20.1 Å². The second-order valence-corrected chi connectivity index (χ2v) is 8.38. The fourth-order valence-electron chi connectivity index (χ4n) is 3.94. The fourth-order valence-corrected chi connectivity index (χ4v) is 4.12. The maximum Gasteiger partial charge on any atom is 0.251 e. The number of carbonyl (C=O) groups excluding carboxylic acids is 1. The second kappa shape index (κ2) is 10.1. The van der Waals surface area contributed by atoms with Gasteiger partial charge in [0.25, 0.3) is 5.91 Å². The summed E-state index contributed by atoms with van der Waals surface area (Å²) in [7, 11) is 0. The summed E-state index contributed by atoms with van der Waals surface area (Å²) >= 11 is 6.15. The highest BCUT2D eigenvalue weighted by Crippen LogP contribution is 2.21. The Kier molecular flexibility index (Phi) is 7.02. The van der Waals surface area contributed by atoms with Crippen LogP contribution in [0.2, 0.25) is 5.02 Å². The molecule has 1 aromatic heterocycles. The lowest BCUT2D eigenvalue weighted by atomic mass is 10.1. The Morgan fingerprint density at radius 3 is 2.56 bits per heavy atom. The van der Waals surface area contributed by atoms with Crippen LogP contribution in [0.5, 0.6) is 0 Å². The molecular formula is C25H26ClFN4O. The first-order valence-corrected chi connectivity index (χ1v) is 11.1. The largest absolute Gasteiger partial charge is 0.354 e. The van der Waals surface area contributed by atoms with Gasteiger partial charge in [-0.1, -0.05) is 35.9 Å². The summed E-state index contributed by atoms with van der Waals surface area (Å²) in [5, 5.41) is 3.59. The molecule has 0 unspecified atom stereocenters. The molecule has 4 rings (SSSR count). The number of anilines is 1. The van der Waals surface area contributed by atoms with Crippen LogP contribution in [0.1, 0.15) is 27.0 Å². The Balaban J connectivity index is 1.37. The van der Waals surface area contributed by atoms with Crippen LogP contribution in [0, 0.1) is 12.7 Å². The van der Waals surface area contributed by atoms with E-state index in [1.165, 1.54) is 12.1 Å². The monoisotopic (exact) mass is 452 g/mol. The molecule has 0 radical (unpaired) electrons. The van der Waals surface area contributed by atoms with E-state index in [1.807, 2.05) is 31.2 Å². The highest BCUT2D eigenvalue weighted by molar-refractivity contribution is 6.31. The highest BCUT2D eigenvalue weighted by atomic mass is 35.5. The van der Waals surface area contributed by atoms with E-state index in [4.69, 9.17) is 11.6 Å². The molecule has 0 aliphatic carbocycles. The molecule has 1 fully saturated rings. The molecular weight excluding hydrogens is 427 g/mol. The third-order valence-corrected chi connectivity index (χ3v) is 6.22. The molecule has 0 saturated carbocycles. The van der Waals surface area contributed by atoms with Crippen LogP contribution in [0.4, 0.5) is 10.2 Å². The third-order valence-electron chi connectivity index (χ3n) is 5.81. The highest BCUT2D eigenvalue weighted by Gasteiger charge is 2.21. The number of piperazine rings is 1. The molecule has 1 aliphatic heterocycles. The zero-order valence-electron chi connectivity index (χ0n) is 18.0. The van der Waals surface area contributed by atoms with E-state index < -0.39 is 0 Å². The van der Waals surface area contributed by atoms with Gasteiger partial charge in [-0.15, -0.1) is 0 Å². The Morgan fingerprint density at radius 1 is 1.06 bits per heavy atom. The lowest BCUT2D eigenvalue weighted by molar-refractivity contribution is 0.0950. The van der Waals surface area contributed by atoms with Gasteiger partial charge >= 0.3 is 0 Å². The van der Waals surface area contributed by atoms with Gasteiger partial charge in [0.2, 0.25) is 0 Å². The molecule has 3 aromatic rings. The minimum absolute atomic E-state index is 0.149. The van der Waals surface area contributed by atoms with Crippen molar-refractivity contribution in [2.75, 3.05) is 31.1 Å². The van der Waals surface area contributed by atoms with Gasteiger partial charge in [0.15, 0.2) is 0 Å². The molecule has 0 spiro atoms. The Labute approximate surface area is 192 Å². The lowest BCUT2D eigenvalue weighted by Crippen LogP contribution is -2.46. The number of rotatable bonds is 6. The van der Waals surface area contributed by atoms with Crippen molar-refractivity contribution in [3.8, 4) is 0 Å². The first-order valence-electron chi connectivity index (χ1n) is 10.7. The summed E-state index contributed by atoms with van der Waals surface area (Å²) in [4.78, 5) is 21.9. The molecule has 0 atom stereocenters. The van der Waals surface area contributed by atoms with Gasteiger partial charge < -0.3 is 10.2 Å². The van der Waals surface area contributed by atoms with E-state index in [0.717, 1.165) is 55.2 Å². The van der Waals surface area contributed by atoms with Gasteiger partial charge in [0.05, 0.1) is 0 Å². The first kappa shape index (κ1) is 22.2. The molecule has 0 bridgehead atoms. The van der Waals surface area contributed by atoms with Crippen LogP contribution >= 0.6 is 11.6 Å². The Hall–Kier alpha value is -2.96. The van der Waals surface area contributed by atoms with Crippen LogP contribution < -0.4 is 10.2 Å². The normalized spacial score (nSPS) is 14.4. The number of pyridine rings is 1. The summed E-state index contributed by atoms with van der Waals surface area (Å²) in [6.45, 7) is 6.50. The van der Waals surface area contributed by atoms with Crippen molar-refractivity contribution < 1.29 is 9.18 Å². The number of amides is 1. The summed E-state index contributed by atoms with van der Waals surface area (Å²) in [6.07, 6.45) is 1.78. The maximum atomic E-state index is 13.1. The van der Waals surface area contributed by atoms with E-state index in [1.54, 1.807) is 24.4 Å². The van der Waals surface area contributed by atoms with E-state index in [-0.39, 0.29) is 11.7 Å². The van der Waals surface area contributed by atoms with Crippen molar-refractivity contribution in [3.05, 3.63) is 93.9 Å². The summed E-state index contributed by atoms with van der Waals surface area (Å²) in [5.41, 5.74) is 3.44. The van der Waals surface area contributed by atoms with Gasteiger partial charge in [-0.2, -0.15) is 0 Å². The van der Waals surface area contributed by atoms with Crippen molar-refractivity contribution in [3.63, 3.8) is 0 Å². The lowest BCUT2D eigenvalue weighted by Gasteiger charge is -2.36. The standard InChI is InChI=1S/C25H26ClFN4O/c1-18-22(5-2-6-23(18)26)25(32)29-16-20-4-3-11-28-24(20)31-14-12-30(13-15-31)17-19-7-9-21(27)10-8-19/h2-11H,12-17H2,1H3,(H,29,32). The van der Waals surface area contributed by atoms with E-state index in [0.29, 0.717) is 17.1 Å². The zero-order chi connectivity index (χ0) is 22.5. The van der Waals surface area contributed by atoms with Gasteiger partial charge in [-0.05, 0) is 48.4 Å². The van der Waals surface area contributed by atoms with Crippen molar-refractivity contribution >= 4 is 23.3 Å². The SMILES string of the molecule is Cc1c(Cl)cccc1C(=O)NCc1cccnc1N1CCN(Cc2ccc(F)cc2)CC1. The average molecular weight is 453 g/mol. The number of nitrogens with zero attached hydrogens (tertiary/aromatic N) is 3. The van der Waals surface area contributed by atoms with Gasteiger partial charge in [0, 0.05) is 61.6 Å². The predicted octanol–water partition coefficient (Wildman–Crippen LogP) is 4.43. The molecule has 166 valence electrons. The summed E-state index contributed by atoms with van der Waals surface area (Å²) in [5.74, 6) is 0.542. The molecule has 2 heterocycles. The number of hydrogen-bond acceptors (Lipinski definition) is 4. The molecule has 5 nitrogen and oxygen atoms in total. The number of nitrogens with one attached hydrogen (secondary N) is 1. The minimum atomic E-state index is -0.209. The van der Waals surface area contributed by atoms with Crippen LogP contribution in [0.15, 0.2) is 60.8 Å². The second-order valence-electron chi connectivity index (χ2n) is 7.97. The van der Waals surface area contributed by atoms with Crippen molar-refractivity contribution in [2.24, 2.45) is 0 Å². The number of benzene rings is 2. The molecule has 1 N–H and O–H groups in total. The Bertz CT molecular complexity index is 1080. The molecule has 1 saturated heterocycles. The van der Waals surface area contributed by atoms with Crippen LogP contribution in [-0.4, -0.2) is 42.0 Å². The van der Waals surface area contributed by atoms with Gasteiger partial charge in [-0.25, -0.2) is 9.37 Å². The smallest absolute Gasteiger partial charge is 0.251 e. The number of aromatic nitrogens is 1. The third kappa shape index (κ3) is 5.26. The van der Waals surface area contributed by atoms with E-state index >= 15 is 0 Å². The molecule has 2 aromatic carbocycles. The summed E-state index contributed by atoms with van der Waals surface area (Å²) < 4.78 is 13.1. The Morgan fingerprint density at radius 2 is 1.81 bits per heavy atom. The maximum absolute atomic E-state index is 13.1. The first-order chi connectivity index (χ1) is 15.5. The van der Waals surface area contributed by atoms with Crippen LogP contribution in [0.25, 0.3) is 0 Å². The van der Waals surface area contributed by atoms with Gasteiger partial charge in [-0.3, -0.25) is 9.69 Å². The number of carbonyl (C=O) groups is 1. The predicted molar refractivity (Wildman–Crippen MR) is 125 cm³/mol. The topological polar surface area (TPSA) is 48.5 Å². The van der Waals surface area contributed by atoms with Crippen LogP contribution in [-0.2, 0) is 13.1 Å².